The van der Waals surface area contributed by atoms with Crippen LogP contribution in [0.2, 0.25) is 0 Å². The summed E-state index contributed by atoms with van der Waals surface area (Å²) in [6.07, 6.45) is 0.531. The van der Waals surface area contributed by atoms with Gasteiger partial charge in [-0.3, -0.25) is 9.59 Å². The molecule has 5 nitrogen and oxygen atoms in total. The van der Waals surface area contributed by atoms with Gasteiger partial charge in [-0.25, -0.2) is 0 Å². The van der Waals surface area contributed by atoms with Crippen LogP contribution in [-0.2, 0) is 4.79 Å². The molecule has 1 aromatic carbocycles. The average Bonchev–Trinajstić information content (AvgIpc) is 2.38. The SMILES string of the molecule is O=C1CSc2ccc(C(=O)NCCCO)cc2N1. The Bertz CT molecular complexity index is 476. The lowest BCUT2D eigenvalue weighted by atomic mass is 10.2. The number of aliphatic hydroxyl groups is 1. The van der Waals surface area contributed by atoms with Gasteiger partial charge in [0.05, 0.1) is 11.4 Å². The number of hydrogen-bond donors (Lipinski definition) is 3. The van der Waals surface area contributed by atoms with Gasteiger partial charge in [0, 0.05) is 23.6 Å². The van der Waals surface area contributed by atoms with E-state index in [0.29, 0.717) is 30.0 Å². The summed E-state index contributed by atoms with van der Waals surface area (Å²) in [5.74, 6) is 0.163. The van der Waals surface area contributed by atoms with Crippen molar-refractivity contribution >= 4 is 29.3 Å². The van der Waals surface area contributed by atoms with Crippen LogP contribution in [0.15, 0.2) is 23.1 Å². The Morgan fingerprint density at radius 3 is 3.11 bits per heavy atom. The highest BCUT2D eigenvalue weighted by molar-refractivity contribution is 8.00. The first-order valence-electron chi connectivity index (χ1n) is 5.66. The van der Waals surface area contributed by atoms with Crippen molar-refractivity contribution < 1.29 is 14.7 Å². The van der Waals surface area contributed by atoms with Crippen molar-refractivity contribution in [3.63, 3.8) is 0 Å². The minimum Gasteiger partial charge on any atom is -0.396 e. The van der Waals surface area contributed by atoms with Gasteiger partial charge in [0.1, 0.15) is 0 Å². The predicted octanol–water partition coefficient (Wildman–Crippen LogP) is 0.843. The van der Waals surface area contributed by atoms with Crippen molar-refractivity contribution in [2.45, 2.75) is 11.3 Å². The van der Waals surface area contributed by atoms with E-state index >= 15 is 0 Å². The molecule has 0 saturated carbocycles. The number of aliphatic hydroxyl groups excluding tert-OH is 1. The van der Waals surface area contributed by atoms with Crippen LogP contribution in [0.5, 0.6) is 0 Å². The number of nitrogens with one attached hydrogen (secondary N) is 2. The summed E-state index contributed by atoms with van der Waals surface area (Å²) in [5.41, 5.74) is 1.19. The second-order valence-electron chi connectivity index (χ2n) is 3.88. The van der Waals surface area contributed by atoms with Crippen molar-refractivity contribution in [2.24, 2.45) is 0 Å². The molecule has 0 aromatic heterocycles. The van der Waals surface area contributed by atoms with Crippen LogP contribution in [0.4, 0.5) is 5.69 Å². The Hall–Kier alpha value is -1.53. The van der Waals surface area contributed by atoms with Crippen molar-refractivity contribution in [2.75, 3.05) is 24.2 Å². The third-order valence-corrected chi connectivity index (χ3v) is 3.57. The molecule has 0 bridgehead atoms. The van der Waals surface area contributed by atoms with Gasteiger partial charge in [-0.1, -0.05) is 0 Å². The van der Waals surface area contributed by atoms with E-state index in [2.05, 4.69) is 10.6 Å². The lowest BCUT2D eigenvalue weighted by molar-refractivity contribution is -0.113. The zero-order valence-corrected chi connectivity index (χ0v) is 10.5. The van der Waals surface area contributed by atoms with Gasteiger partial charge in [0.15, 0.2) is 0 Å². The Morgan fingerprint density at radius 1 is 1.50 bits per heavy atom. The molecule has 6 heteroatoms. The number of benzene rings is 1. The fourth-order valence-corrected chi connectivity index (χ4v) is 2.40. The van der Waals surface area contributed by atoms with Crippen molar-refractivity contribution in [1.29, 1.82) is 0 Å². The molecule has 0 saturated heterocycles. The third-order valence-electron chi connectivity index (χ3n) is 2.50. The highest BCUT2D eigenvalue weighted by Gasteiger charge is 2.16. The van der Waals surface area contributed by atoms with Gasteiger partial charge in [-0.2, -0.15) is 0 Å². The van der Waals surface area contributed by atoms with E-state index in [-0.39, 0.29) is 18.4 Å². The summed E-state index contributed by atoms with van der Waals surface area (Å²) in [5, 5.41) is 14.1. The highest BCUT2D eigenvalue weighted by atomic mass is 32.2. The van der Waals surface area contributed by atoms with Gasteiger partial charge < -0.3 is 15.7 Å². The van der Waals surface area contributed by atoms with Gasteiger partial charge in [0.25, 0.3) is 5.91 Å². The minimum absolute atomic E-state index is 0.0506. The molecule has 1 aromatic rings. The Labute approximate surface area is 109 Å². The first kappa shape index (κ1) is 12.9. The van der Waals surface area contributed by atoms with Gasteiger partial charge in [-0.05, 0) is 24.6 Å². The van der Waals surface area contributed by atoms with Gasteiger partial charge >= 0.3 is 0 Å². The van der Waals surface area contributed by atoms with Crippen LogP contribution in [0.3, 0.4) is 0 Å². The molecule has 1 aliphatic heterocycles. The maximum Gasteiger partial charge on any atom is 0.251 e. The first-order valence-corrected chi connectivity index (χ1v) is 6.65. The minimum atomic E-state index is -0.198. The van der Waals surface area contributed by atoms with E-state index in [1.54, 1.807) is 12.1 Å². The van der Waals surface area contributed by atoms with Crippen LogP contribution in [0, 0.1) is 0 Å². The third kappa shape index (κ3) is 3.02. The first-order chi connectivity index (χ1) is 8.70. The predicted molar refractivity (Wildman–Crippen MR) is 69.8 cm³/mol. The highest BCUT2D eigenvalue weighted by Crippen LogP contribution is 2.31. The van der Waals surface area contributed by atoms with Gasteiger partial charge in [0.2, 0.25) is 5.91 Å². The summed E-state index contributed by atoms with van der Waals surface area (Å²) in [6, 6.07) is 5.24. The number of fused-ring (bicyclic) bond motifs is 1. The molecule has 2 rings (SSSR count). The zero-order chi connectivity index (χ0) is 13.0. The van der Waals surface area contributed by atoms with E-state index < -0.39 is 0 Å². The lowest BCUT2D eigenvalue weighted by Gasteiger charge is -2.16. The topological polar surface area (TPSA) is 78.4 Å². The molecule has 1 aliphatic rings. The molecule has 0 spiro atoms. The Morgan fingerprint density at radius 2 is 2.33 bits per heavy atom. The van der Waals surface area contributed by atoms with Crippen molar-refractivity contribution in [3.8, 4) is 0 Å². The van der Waals surface area contributed by atoms with E-state index in [1.807, 2.05) is 6.07 Å². The number of carbonyl (C=O) groups is 2. The molecule has 0 fully saturated rings. The molecule has 1 heterocycles. The molecule has 96 valence electrons. The van der Waals surface area contributed by atoms with Crippen LogP contribution in [0.1, 0.15) is 16.8 Å². The monoisotopic (exact) mass is 266 g/mol. The Balaban J connectivity index is 2.08. The smallest absolute Gasteiger partial charge is 0.251 e. The molecule has 0 aliphatic carbocycles. The van der Waals surface area contributed by atoms with E-state index in [1.165, 1.54) is 11.8 Å². The lowest BCUT2D eigenvalue weighted by Crippen LogP contribution is -2.25. The average molecular weight is 266 g/mol. The second-order valence-corrected chi connectivity index (χ2v) is 4.90. The number of hydrogen-bond acceptors (Lipinski definition) is 4. The largest absolute Gasteiger partial charge is 0.396 e. The summed E-state index contributed by atoms with van der Waals surface area (Å²) >= 11 is 1.46. The molecule has 0 radical (unpaired) electrons. The fourth-order valence-electron chi connectivity index (χ4n) is 1.61. The van der Waals surface area contributed by atoms with Gasteiger partial charge in [-0.15, -0.1) is 11.8 Å². The summed E-state index contributed by atoms with van der Waals surface area (Å²) in [7, 11) is 0. The standard InChI is InChI=1S/C12H14N2O3S/c15-5-1-4-13-12(17)8-2-3-10-9(6-8)14-11(16)7-18-10/h2-3,6,15H,1,4-5,7H2,(H,13,17)(H,14,16). The molecule has 2 amide bonds. The van der Waals surface area contributed by atoms with Crippen LogP contribution < -0.4 is 10.6 Å². The quantitative estimate of drug-likeness (QED) is 0.706. The fraction of sp³-hybridized carbons (Fsp3) is 0.333. The van der Waals surface area contributed by atoms with E-state index in [0.717, 1.165) is 4.90 Å². The molecule has 18 heavy (non-hydrogen) atoms. The number of thioether (sulfide) groups is 1. The van der Waals surface area contributed by atoms with E-state index in [9.17, 15) is 9.59 Å². The molecule has 3 N–H and O–H groups in total. The van der Waals surface area contributed by atoms with E-state index in [4.69, 9.17) is 5.11 Å². The van der Waals surface area contributed by atoms with Crippen molar-refractivity contribution in [3.05, 3.63) is 23.8 Å². The van der Waals surface area contributed by atoms with Crippen LogP contribution >= 0.6 is 11.8 Å². The molecule has 0 unspecified atom stereocenters. The van der Waals surface area contributed by atoms with Crippen LogP contribution in [0.25, 0.3) is 0 Å². The molecular weight excluding hydrogens is 252 g/mol. The molecular formula is C12H14N2O3S. The maximum atomic E-state index is 11.8. The molecule has 0 atom stereocenters. The summed E-state index contributed by atoms with van der Waals surface area (Å²) in [6.45, 7) is 0.491. The normalized spacial score (nSPS) is 13.7. The number of rotatable bonds is 4. The van der Waals surface area contributed by atoms with Crippen molar-refractivity contribution in [1.82, 2.24) is 5.32 Å². The maximum absolute atomic E-state index is 11.8. The number of carbonyl (C=O) groups excluding carboxylic acids is 2. The zero-order valence-electron chi connectivity index (χ0n) is 9.73. The second kappa shape index (κ2) is 5.88. The summed E-state index contributed by atoms with van der Waals surface area (Å²) < 4.78 is 0. The summed E-state index contributed by atoms with van der Waals surface area (Å²) in [4.78, 5) is 24.0. The number of anilines is 1. The Kier molecular flexibility index (Phi) is 4.22. The van der Waals surface area contributed by atoms with Crippen LogP contribution in [-0.4, -0.2) is 35.8 Å². The number of amides is 2.